The molecular formula is C31H37N7O2. The topological polar surface area (TPSA) is 108 Å². The number of hydrogen-bond donors (Lipinski definition) is 3. The van der Waals surface area contributed by atoms with Crippen molar-refractivity contribution in [1.29, 1.82) is 0 Å². The molecule has 3 N–H and O–H groups in total. The van der Waals surface area contributed by atoms with E-state index < -0.39 is 0 Å². The Labute approximate surface area is 235 Å². The van der Waals surface area contributed by atoms with Gasteiger partial charge >= 0.3 is 0 Å². The molecule has 0 unspecified atom stereocenters. The first-order chi connectivity index (χ1) is 19.1. The number of rotatable bonds is 8. The van der Waals surface area contributed by atoms with Crippen LogP contribution in [0.15, 0.2) is 60.9 Å². The van der Waals surface area contributed by atoms with E-state index in [0.29, 0.717) is 17.6 Å². The number of aromatic nitrogens is 4. The van der Waals surface area contributed by atoms with E-state index in [1.54, 1.807) is 0 Å². The van der Waals surface area contributed by atoms with Crippen molar-refractivity contribution >= 4 is 17.4 Å². The van der Waals surface area contributed by atoms with Crippen molar-refractivity contribution in [2.24, 2.45) is 0 Å². The SMILES string of the molecule is CC(C)N1CCc2nc(-c3cccc(OCC(=O)NC(C)(C)C)c3)nc(Nc3ccc(-c4cn[nH]c4)cc3)c2C1. The van der Waals surface area contributed by atoms with Gasteiger partial charge in [-0.25, -0.2) is 9.97 Å². The summed E-state index contributed by atoms with van der Waals surface area (Å²) in [7, 11) is 0. The third kappa shape index (κ3) is 6.66. The molecule has 2 aromatic carbocycles. The van der Waals surface area contributed by atoms with E-state index in [2.05, 4.69) is 63.8 Å². The van der Waals surface area contributed by atoms with Gasteiger partial charge in [0, 0.05) is 59.7 Å². The zero-order chi connectivity index (χ0) is 28.3. The third-order valence-corrected chi connectivity index (χ3v) is 6.78. The van der Waals surface area contributed by atoms with E-state index in [1.807, 2.05) is 57.4 Å². The molecule has 40 heavy (non-hydrogen) atoms. The van der Waals surface area contributed by atoms with Gasteiger partial charge < -0.3 is 15.4 Å². The van der Waals surface area contributed by atoms with Gasteiger partial charge in [-0.15, -0.1) is 0 Å². The number of H-pyrrole nitrogens is 1. The fourth-order valence-corrected chi connectivity index (χ4v) is 4.73. The highest BCUT2D eigenvalue weighted by atomic mass is 16.5. The lowest BCUT2D eigenvalue weighted by Crippen LogP contribution is -2.43. The number of ether oxygens (including phenoxy) is 1. The number of anilines is 2. The van der Waals surface area contributed by atoms with Crippen molar-refractivity contribution in [3.8, 4) is 28.3 Å². The Hall–Kier alpha value is -4.24. The van der Waals surface area contributed by atoms with Crippen molar-refractivity contribution in [3.05, 3.63) is 72.2 Å². The van der Waals surface area contributed by atoms with E-state index >= 15 is 0 Å². The Morgan fingerprint density at radius 2 is 1.88 bits per heavy atom. The molecular weight excluding hydrogens is 502 g/mol. The van der Waals surface area contributed by atoms with Crippen LogP contribution in [0, 0.1) is 0 Å². The van der Waals surface area contributed by atoms with Gasteiger partial charge in [0.25, 0.3) is 5.91 Å². The minimum absolute atomic E-state index is 0.0571. The molecule has 5 rings (SSSR count). The smallest absolute Gasteiger partial charge is 0.258 e. The minimum Gasteiger partial charge on any atom is -0.484 e. The number of aromatic amines is 1. The average Bonchev–Trinajstić information content (AvgIpc) is 3.46. The molecule has 0 aliphatic carbocycles. The Morgan fingerprint density at radius 3 is 2.58 bits per heavy atom. The lowest BCUT2D eigenvalue weighted by atomic mass is 10.0. The fourth-order valence-electron chi connectivity index (χ4n) is 4.73. The Bertz CT molecular complexity index is 1460. The summed E-state index contributed by atoms with van der Waals surface area (Å²) in [6.45, 7) is 11.9. The first-order valence-electron chi connectivity index (χ1n) is 13.7. The molecule has 2 aromatic heterocycles. The predicted octanol–water partition coefficient (Wildman–Crippen LogP) is 5.34. The van der Waals surface area contributed by atoms with Crippen LogP contribution in [-0.4, -0.2) is 55.7 Å². The number of fused-ring (bicyclic) bond motifs is 1. The molecule has 9 nitrogen and oxygen atoms in total. The molecule has 0 atom stereocenters. The third-order valence-electron chi connectivity index (χ3n) is 6.78. The van der Waals surface area contributed by atoms with Gasteiger partial charge in [-0.1, -0.05) is 24.3 Å². The van der Waals surface area contributed by atoms with Gasteiger partial charge in [0.2, 0.25) is 0 Å². The van der Waals surface area contributed by atoms with Crippen LogP contribution >= 0.6 is 0 Å². The summed E-state index contributed by atoms with van der Waals surface area (Å²) in [6, 6.07) is 16.3. The van der Waals surface area contributed by atoms with E-state index in [4.69, 9.17) is 14.7 Å². The second kappa shape index (κ2) is 11.5. The summed E-state index contributed by atoms with van der Waals surface area (Å²) in [5.74, 6) is 1.86. The van der Waals surface area contributed by atoms with E-state index in [-0.39, 0.29) is 18.1 Å². The quantitative estimate of drug-likeness (QED) is 0.277. The maximum absolute atomic E-state index is 12.3. The summed E-state index contributed by atoms with van der Waals surface area (Å²) in [4.78, 5) is 24.7. The van der Waals surface area contributed by atoms with Gasteiger partial charge in [-0.05, 0) is 64.4 Å². The van der Waals surface area contributed by atoms with Gasteiger partial charge in [-0.2, -0.15) is 5.10 Å². The minimum atomic E-state index is -0.312. The summed E-state index contributed by atoms with van der Waals surface area (Å²) >= 11 is 0. The Morgan fingerprint density at radius 1 is 1.07 bits per heavy atom. The number of nitrogens with zero attached hydrogens (tertiary/aromatic N) is 4. The highest BCUT2D eigenvalue weighted by molar-refractivity contribution is 5.78. The van der Waals surface area contributed by atoms with Crippen LogP contribution < -0.4 is 15.4 Å². The van der Waals surface area contributed by atoms with Gasteiger partial charge in [0.05, 0.1) is 11.9 Å². The number of nitrogens with one attached hydrogen (secondary N) is 3. The van der Waals surface area contributed by atoms with E-state index in [9.17, 15) is 4.79 Å². The fraction of sp³-hybridized carbons (Fsp3) is 0.355. The second-order valence-electron chi connectivity index (χ2n) is 11.4. The molecule has 3 heterocycles. The number of carbonyl (C=O) groups excluding carboxylic acids is 1. The normalized spacial score (nSPS) is 13.7. The standard InChI is InChI=1S/C31H37N7O2/c1-20(2)38-14-13-27-26(18-38)30(34-24-11-9-21(10-12-24)23-16-32-33-17-23)36-29(35-27)22-7-6-8-25(15-22)40-19-28(39)37-31(3,4)5/h6-12,15-17,20H,13-14,18-19H2,1-5H3,(H,32,33)(H,37,39)(H,34,35,36). The molecule has 1 aliphatic rings. The van der Waals surface area contributed by atoms with Crippen molar-refractivity contribution in [1.82, 2.24) is 30.4 Å². The number of hydrogen-bond acceptors (Lipinski definition) is 7. The Kier molecular flexibility index (Phi) is 7.84. The highest BCUT2D eigenvalue weighted by Crippen LogP contribution is 2.31. The van der Waals surface area contributed by atoms with Crippen LogP contribution in [-0.2, 0) is 17.8 Å². The molecule has 4 aromatic rings. The van der Waals surface area contributed by atoms with Crippen LogP contribution in [0.3, 0.4) is 0 Å². The summed E-state index contributed by atoms with van der Waals surface area (Å²) < 4.78 is 5.80. The zero-order valence-electron chi connectivity index (χ0n) is 23.8. The monoisotopic (exact) mass is 539 g/mol. The molecule has 1 amide bonds. The highest BCUT2D eigenvalue weighted by Gasteiger charge is 2.25. The molecule has 0 fully saturated rings. The number of benzene rings is 2. The predicted molar refractivity (Wildman–Crippen MR) is 157 cm³/mol. The van der Waals surface area contributed by atoms with Crippen LogP contribution in [0.2, 0.25) is 0 Å². The van der Waals surface area contributed by atoms with Crippen LogP contribution in [0.4, 0.5) is 11.5 Å². The van der Waals surface area contributed by atoms with Crippen molar-refractivity contribution in [2.75, 3.05) is 18.5 Å². The van der Waals surface area contributed by atoms with Crippen molar-refractivity contribution in [3.63, 3.8) is 0 Å². The molecule has 0 saturated heterocycles. The largest absolute Gasteiger partial charge is 0.484 e. The summed E-state index contributed by atoms with van der Waals surface area (Å²) in [5.41, 5.74) is 5.77. The number of carbonyl (C=O) groups is 1. The molecule has 0 spiro atoms. The van der Waals surface area contributed by atoms with Crippen molar-refractivity contribution in [2.45, 2.75) is 59.2 Å². The van der Waals surface area contributed by atoms with Crippen LogP contribution in [0.1, 0.15) is 45.9 Å². The molecule has 0 radical (unpaired) electrons. The number of amides is 1. The summed E-state index contributed by atoms with van der Waals surface area (Å²) in [6.07, 6.45) is 4.54. The van der Waals surface area contributed by atoms with E-state index in [1.165, 1.54) is 0 Å². The maximum Gasteiger partial charge on any atom is 0.258 e. The van der Waals surface area contributed by atoms with Gasteiger partial charge in [0.1, 0.15) is 11.6 Å². The Balaban J connectivity index is 1.42. The van der Waals surface area contributed by atoms with Gasteiger partial charge in [-0.3, -0.25) is 14.8 Å². The molecule has 1 aliphatic heterocycles. The molecule has 208 valence electrons. The average molecular weight is 540 g/mol. The molecule has 0 saturated carbocycles. The van der Waals surface area contributed by atoms with Crippen molar-refractivity contribution < 1.29 is 9.53 Å². The first-order valence-corrected chi connectivity index (χ1v) is 13.7. The lowest BCUT2D eigenvalue weighted by molar-refractivity contribution is -0.124. The maximum atomic E-state index is 12.3. The molecule has 0 bridgehead atoms. The van der Waals surface area contributed by atoms with E-state index in [0.717, 1.165) is 59.0 Å². The molecule has 9 heteroatoms. The summed E-state index contributed by atoms with van der Waals surface area (Å²) in [5, 5.41) is 13.4. The lowest BCUT2D eigenvalue weighted by Gasteiger charge is -2.32. The van der Waals surface area contributed by atoms with Crippen LogP contribution in [0.25, 0.3) is 22.5 Å². The second-order valence-corrected chi connectivity index (χ2v) is 11.4. The van der Waals surface area contributed by atoms with Gasteiger partial charge in [0.15, 0.2) is 12.4 Å². The van der Waals surface area contributed by atoms with Crippen LogP contribution in [0.5, 0.6) is 5.75 Å². The zero-order valence-corrected chi connectivity index (χ0v) is 23.8. The first kappa shape index (κ1) is 27.3.